The van der Waals surface area contributed by atoms with Gasteiger partial charge in [0.2, 0.25) is 5.91 Å². The molecule has 1 saturated heterocycles. The number of para-hydroxylation sites is 1. The number of H-pyrrole nitrogens is 1. The van der Waals surface area contributed by atoms with Gasteiger partial charge >= 0.3 is 0 Å². The number of hydrogen-bond acceptors (Lipinski definition) is 2. The Hall–Kier alpha value is -2.56. The summed E-state index contributed by atoms with van der Waals surface area (Å²) < 4.78 is 1.93. The number of likely N-dealkylation sites (tertiary alicyclic amines) is 1. The lowest BCUT2D eigenvalue weighted by Crippen LogP contribution is -2.38. The molecule has 5 nitrogen and oxygen atoms in total. The van der Waals surface area contributed by atoms with E-state index in [4.69, 9.17) is 0 Å². The van der Waals surface area contributed by atoms with E-state index in [9.17, 15) is 4.79 Å². The quantitative estimate of drug-likeness (QED) is 0.750. The van der Waals surface area contributed by atoms with Gasteiger partial charge < -0.3 is 9.88 Å². The summed E-state index contributed by atoms with van der Waals surface area (Å²) in [6.07, 6.45) is 10.5. The molecule has 2 aromatic heterocycles. The van der Waals surface area contributed by atoms with Crippen LogP contribution in [0.5, 0.6) is 0 Å². The maximum Gasteiger partial charge on any atom is 0.222 e. The molecule has 0 saturated carbocycles. The van der Waals surface area contributed by atoms with E-state index in [0.717, 1.165) is 38.8 Å². The van der Waals surface area contributed by atoms with Crippen LogP contribution in [0.25, 0.3) is 10.9 Å². The lowest BCUT2D eigenvalue weighted by Gasteiger charge is -2.24. The van der Waals surface area contributed by atoms with Gasteiger partial charge in [0.1, 0.15) is 0 Å². The Kier molecular flexibility index (Phi) is 4.55. The number of aromatic amines is 1. The molecule has 0 spiro atoms. The molecule has 0 aliphatic carbocycles. The van der Waals surface area contributed by atoms with Crippen LogP contribution in [0, 0.1) is 0 Å². The van der Waals surface area contributed by atoms with Crippen LogP contribution in [-0.2, 0) is 17.8 Å². The van der Waals surface area contributed by atoms with Crippen LogP contribution in [-0.4, -0.2) is 38.2 Å². The van der Waals surface area contributed by atoms with Gasteiger partial charge in [0.05, 0.1) is 12.6 Å². The van der Waals surface area contributed by atoms with Crippen LogP contribution in [0.1, 0.15) is 31.2 Å². The third-order valence-electron chi connectivity index (χ3n) is 5.17. The van der Waals surface area contributed by atoms with Crippen molar-refractivity contribution in [3.8, 4) is 0 Å². The van der Waals surface area contributed by atoms with E-state index in [1.807, 2.05) is 23.0 Å². The Balaban J connectivity index is 1.32. The highest BCUT2D eigenvalue weighted by atomic mass is 16.2. The molecule has 25 heavy (non-hydrogen) atoms. The highest BCUT2D eigenvalue weighted by Crippen LogP contribution is 2.22. The van der Waals surface area contributed by atoms with Crippen LogP contribution >= 0.6 is 0 Å². The number of aryl methyl sites for hydroxylation is 1. The highest BCUT2D eigenvalue weighted by molar-refractivity contribution is 5.83. The van der Waals surface area contributed by atoms with Crippen LogP contribution in [0.15, 0.2) is 48.9 Å². The Morgan fingerprint density at radius 2 is 2.20 bits per heavy atom. The summed E-state index contributed by atoms with van der Waals surface area (Å²) in [7, 11) is 0. The Morgan fingerprint density at radius 3 is 3.08 bits per heavy atom. The first-order valence-electron chi connectivity index (χ1n) is 9.13. The van der Waals surface area contributed by atoms with Crippen molar-refractivity contribution in [3.63, 3.8) is 0 Å². The molecular weight excluding hydrogens is 312 g/mol. The zero-order chi connectivity index (χ0) is 17.1. The van der Waals surface area contributed by atoms with E-state index in [1.54, 1.807) is 6.20 Å². The zero-order valence-electron chi connectivity index (χ0n) is 14.4. The van der Waals surface area contributed by atoms with Gasteiger partial charge in [0.15, 0.2) is 0 Å². The standard InChI is InChI=1S/C20H24N4O/c25-20(24-13-4-7-17(24)15-23-12-5-11-22-23)10-3-6-16-14-21-19-9-2-1-8-18(16)19/h1-2,5,8-9,11-12,14,17,21H,3-4,6-7,10,13,15H2. The Bertz CT molecular complexity index is 836. The van der Waals surface area contributed by atoms with Crippen molar-refractivity contribution >= 4 is 16.8 Å². The number of nitrogens with zero attached hydrogens (tertiary/aromatic N) is 3. The summed E-state index contributed by atoms with van der Waals surface area (Å²) in [5.41, 5.74) is 2.47. The number of amides is 1. The number of rotatable bonds is 6. The van der Waals surface area contributed by atoms with Crippen LogP contribution in [0.3, 0.4) is 0 Å². The molecule has 130 valence electrons. The Morgan fingerprint density at radius 1 is 1.28 bits per heavy atom. The van der Waals surface area contributed by atoms with Gasteiger partial charge in [-0.2, -0.15) is 5.10 Å². The average molecular weight is 336 g/mol. The third-order valence-corrected chi connectivity index (χ3v) is 5.17. The van der Waals surface area contributed by atoms with Crippen molar-refractivity contribution < 1.29 is 4.79 Å². The third kappa shape index (κ3) is 3.45. The fourth-order valence-corrected chi connectivity index (χ4v) is 3.89. The molecule has 1 aliphatic heterocycles. The van der Waals surface area contributed by atoms with E-state index in [1.165, 1.54) is 16.5 Å². The molecule has 1 N–H and O–H groups in total. The van der Waals surface area contributed by atoms with Gasteiger partial charge in [0.25, 0.3) is 0 Å². The lowest BCUT2D eigenvalue weighted by molar-refractivity contribution is -0.132. The summed E-state index contributed by atoms with van der Waals surface area (Å²) in [6.45, 7) is 1.69. The number of carbonyl (C=O) groups is 1. The van der Waals surface area contributed by atoms with Crippen molar-refractivity contribution in [1.29, 1.82) is 0 Å². The molecule has 1 atom stereocenters. The molecule has 1 amide bonds. The second kappa shape index (κ2) is 7.13. The summed E-state index contributed by atoms with van der Waals surface area (Å²) in [5.74, 6) is 0.287. The van der Waals surface area contributed by atoms with Crippen molar-refractivity contribution in [2.24, 2.45) is 0 Å². The summed E-state index contributed by atoms with van der Waals surface area (Å²) in [6, 6.07) is 10.6. The van der Waals surface area contributed by atoms with Gasteiger partial charge in [-0.25, -0.2) is 0 Å². The fourth-order valence-electron chi connectivity index (χ4n) is 3.89. The molecule has 3 heterocycles. The largest absolute Gasteiger partial charge is 0.361 e. The fraction of sp³-hybridized carbons (Fsp3) is 0.400. The first-order chi connectivity index (χ1) is 12.3. The van der Waals surface area contributed by atoms with Crippen LogP contribution in [0.4, 0.5) is 0 Å². The predicted octanol–water partition coefficient (Wildman–Crippen LogP) is 3.38. The SMILES string of the molecule is O=C(CCCc1c[nH]c2ccccc12)N1CCCC1Cn1cccn1. The van der Waals surface area contributed by atoms with E-state index in [-0.39, 0.29) is 5.91 Å². The van der Waals surface area contributed by atoms with Gasteiger partial charge in [-0.05, 0) is 43.4 Å². The van der Waals surface area contributed by atoms with Crippen LogP contribution in [0.2, 0.25) is 0 Å². The van der Waals surface area contributed by atoms with E-state index in [0.29, 0.717) is 12.5 Å². The second-order valence-electron chi connectivity index (χ2n) is 6.82. The minimum atomic E-state index is 0.287. The molecule has 1 aliphatic rings. The van der Waals surface area contributed by atoms with Crippen molar-refractivity contribution in [2.45, 2.75) is 44.7 Å². The van der Waals surface area contributed by atoms with E-state index in [2.05, 4.69) is 39.4 Å². The van der Waals surface area contributed by atoms with Gasteiger partial charge in [0, 0.05) is 42.5 Å². The van der Waals surface area contributed by atoms with Crippen LogP contribution < -0.4 is 0 Å². The minimum absolute atomic E-state index is 0.287. The number of aromatic nitrogens is 3. The first-order valence-corrected chi connectivity index (χ1v) is 9.13. The maximum absolute atomic E-state index is 12.7. The maximum atomic E-state index is 12.7. The lowest BCUT2D eigenvalue weighted by atomic mass is 10.1. The molecule has 0 bridgehead atoms. The van der Waals surface area contributed by atoms with E-state index < -0.39 is 0 Å². The number of carbonyl (C=O) groups excluding carboxylic acids is 1. The number of benzene rings is 1. The molecule has 0 radical (unpaired) electrons. The van der Waals surface area contributed by atoms with Crippen molar-refractivity contribution in [3.05, 3.63) is 54.5 Å². The second-order valence-corrected chi connectivity index (χ2v) is 6.82. The molecule has 1 aromatic carbocycles. The number of nitrogens with one attached hydrogen (secondary N) is 1. The number of hydrogen-bond donors (Lipinski definition) is 1. The van der Waals surface area contributed by atoms with Gasteiger partial charge in [-0.1, -0.05) is 18.2 Å². The molecule has 1 unspecified atom stereocenters. The van der Waals surface area contributed by atoms with Gasteiger partial charge in [-0.15, -0.1) is 0 Å². The molecule has 1 fully saturated rings. The number of fused-ring (bicyclic) bond motifs is 1. The predicted molar refractivity (Wildman–Crippen MR) is 98.2 cm³/mol. The summed E-state index contributed by atoms with van der Waals surface area (Å²) in [5, 5.41) is 5.54. The minimum Gasteiger partial charge on any atom is -0.361 e. The molecule has 5 heteroatoms. The molecule has 3 aromatic rings. The van der Waals surface area contributed by atoms with E-state index >= 15 is 0 Å². The Labute approximate surface area is 147 Å². The molecular formula is C20H24N4O. The molecule has 4 rings (SSSR count). The zero-order valence-corrected chi connectivity index (χ0v) is 14.4. The topological polar surface area (TPSA) is 53.9 Å². The smallest absolute Gasteiger partial charge is 0.222 e. The van der Waals surface area contributed by atoms with Crippen molar-refractivity contribution in [2.75, 3.05) is 6.54 Å². The summed E-state index contributed by atoms with van der Waals surface area (Å²) >= 11 is 0. The monoisotopic (exact) mass is 336 g/mol. The highest BCUT2D eigenvalue weighted by Gasteiger charge is 2.28. The average Bonchev–Trinajstić information content (AvgIpc) is 3.36. The first kappa shape index (κ1) is 15.9. The van der Waals surface area contributed by atoms with Gasteiger partial charge in [-0.3, -0.25) is 9.48 Å². The summed E-state index contributed by atoms with van der Waals surface area (Å²) in [4.78, 5) is 18.0. The van der Waals surface area contributed by atoms with Crippen molar-refractivity contribution in [1.82, 2.24) is 19.7 Å². The normalized spacial score (nSPS) is 17.4.